The molecule has 3 rings (SSSR count). The second-order valence-corrected chi connectivity index (χ2v) is 7.33. The third kappa shape index (κ3) is 5.10. The summed E-state index contributed by atoms with van der Waals surface area (Å²) in [7, 11) is 0. The summed E-state index contributed by atoms with van der Waals surface area (Å²) in [5.74, 6) is 1.89. The largest absolute Gasteiger partial charge is 0.486 e. The van der Waals surface area contributed by atoms with Gasteiger partial charge in [-0.25, -0.2) is 4.98 Å². The molecule has 3 aromatic rings. The van der Waals surface area contributed by atoms with E-state index in [9.17, 15) is 4.79 Å². The Morgan fingerprint density at radius 1 is 1.14 bits per heavy atom. The van der Waals surface area contributed by atoms with Crippen LogP contribution in [0.25, 0.3) is 11.0 Å². The molecule has 1 amide bonds. The molecule has 0 bridgehead atoms. The molecule has 0 saturated heterocycles. The number of benzene rings is 2. The number of nitrogens with zero attached hydrogens (tertiary/aromatic N) is 2. The second-order valence-electron chi connectivity index (χ2n) is 7.33. The Morgan fingerprint density at radius 3 is 2.57 bits per heavy atom. The van der Waals surface area contributed by atoms with Crippen molar-refractivity contribution in [1.82, 2.24) is 14.9 Å². The number of imidazole rings is 1. The minimum Gasteiger partial charge on any atom is -0.486 e. The normalized spacial score (nSPS) is 12.3. The van der Waals surface area contributed by atoms with Gasteiger partial charge in [0.2, 0.25) is 5.91 Å². The number of amides is 1. The van der Waals surface area contributed by atoms with Gasteiger partial charge < -0.3 is 20.4 Å². The van der Waals surface area contributed by atoms with E-state index in [1.165, 1.54) is 0 Å². The van der Waals surface area contributed by atoms with Gasteiger partial charge in [0.05, 0.1) is 11.0 Å². The highest BCUT2D eigenvalue weighted by Crippen LogP contribution is 2.18. The lowest BCUT2D eigenvalue weighted by molar-refractivity contribution is -0.122. The van der Waals surface area contributed by atoms with Gasteiger partial charge in [0.1, 0.15) is 24.7 Å². The summed E-state index contributed by atoms with van der Waals surface area (Å²) < 4.78 is 7.78. The number of para-hydroxylation sites is 3. The second kappa shape index (κ2) is 9.37. The lowest BCUT2D eigenvalue weighted by Gasteiger charge is -2.19. The average molecular weight is 380 g/mol. The van der Waals surface area contributed by atoms with Gasteiger partial charge in [-0.1, -0.05) is 44.2 Å². The van der Waals surface area contributed by atoms with Crippen molar-refractivity contribution < 1.29 is 9.53 Å². The monoisotopic (exact) mass is 380 g/mol. The fourth-order valence-electron chi connectivity index (χ4n) is 3.28. The zero-order valence-corrected chi connectivity index (χ0v) is 16.5. The molecule has 0 aliphatic rings. The first-order chi connectivity index (χ1) is 13.6. The van der Waals surface area contributed by atoms with Crippen molar-refractivity contribution in [3.8, 4) is 5.75 Å². The van der Waals surface area contributed by atoms with Gasteiger partial charge in [-0.05, 0) is 36.6 Å². The van der Waals surface area contributed by atoms with E-state index in [1.807, 2.05) is 59.2 Å². The predicted octanol–water partition coefficient (Wildman–Crippen LogP) is 3.10. The van der Waals surface area contributed by atoms with Crippen molar-refractivity contribution in [2.24, 2.45) is 11.7 Å². The molecule has 3 N–H and O–H groups in total. The van der Waals surface area contributed by atoms with E-state index >= 15 is 0 Å². The minimum absolute atomic E-state index is 0.0219. The first-order valence-corrected chi connectivity index (χ1v) is 9.68. The van der Waals surface area contributed by atoms with Crippen LogP contribution in [0, 0.1) is 5.92 Å². The molecular formula is C22H28N4O2. The molecule has 0 radical (unpaired) electrons. The SMILES string of the molecule is CC(C)CC(CN)NC(=O)Cn1c(COc2ccccc2)nc2ccccc21. The lowest BCUT2D eigenvalue weighted by atomic mass is 10.0. The maximum Gasteiger partial charge on any atom is 0.240 e. The number of ether oxygens (including phenoxy) is 1. The Balaban J connectivity index is 1.77. The van der Waals surface area contributed by atoms with Crippen LogP contribution in [0.5, 0.6) is 5.75 Å². The van der Waals surface area contributed by atoms with Crippen LogP contribution in [-0.2, 0) is 17.9 Å². The molecule has 2 aromatic carbocycles. The summed E-state index contributed by atoms with van der Waals surface area (Å²) in [6, 6.07) is 17.4. The number of nitrogens with two attached hydrogens (primary N) is 1. The van der Waals surface area contributed by atoms with Gasteiger partial charge in [-0.15, -0.1) is 0 Å². The summed E-state index contributed by atoms with van der Waals surface area (Å²) in [4.78, 5) is 17.3. The standard InChI is InChI=1S/C22H28N4O2/c1-16(2)12-17(13-23)24-22(27)14-26-20-11-7-6-10-19(20)25-21(26)15-28-18-8-4-3-5-9-18/h3-11,16-17H,12-15,23H2,1-2H3,(H,24,27). The maximum atomic E-state index is 12.7. The van der Waals surface area contributed by atoms with Crippen LogP contribution in [0.2, 0.25) is 0 Å². The maximum absolute atomic E-state index is 12.7. The number of aromatic nitrogens is 2. The Kier molecular flexibility index (Phi) is 6.66. The smallest absolute Gasteiger partial charge is 0.240 e. The zero-order chi connectivity index (χ0) is 19.9. The molecule has 1 unspecified atom stereocenters. The Hall–Kier alpha value is -2.86. The first-order valence-electron chi connectivity index (χ1n) is 9.68. The van der Waals surface area contributed by atoms with E-state index in [2.05, 4.69) is 24.1 Å². The van der Waals surface area contributed by atoms with Crippen molar-refractivity contribution in [2.45, 2.75) is 39.5 Å². The number of fused-ring (bicyclic) bond motifs is 1. The Labute approximate surface area is 165 Å². The van der Waals surface area contributed by atoms with E-state index in [1.54, 1.807) is 0 Å². The van der Waals surface area contributed by atoms with Gasteiger partial charge in [-0.3, -0.25) is 4.79 Å². The van der Waals surface area contributed by atoms with Crippen LogP contribution in [0.4, 0.5) is 0 Å². The highest BCUT2D eigenvalue weighted by molar-refractivity contribution is 5.81. The third-order valence-corrected chi connectivity index (χ3v) is 4.55. The van der Waals surface area contributed by atoms with E-state index in [-0.39, 0.29) is 25.1 Å². The molecule has 148 valence electrons. The molecule has 6 heteroatoms. The molecule has 0 aliphatic carbocycles. The number of carbonyl (C=O) groups is 1. The zero-order valence-electron chi connectivity index (χ0n) is 16.5. The van der Waals surface area contributed by atoms with Crippen molar-refractivity contribution in [3.05, 3.63) is 60.4 Å². The van der Waals surface area contributed by atoms with Gasteiger partial charge >= 0.3 is 0 Å². The minimum atomic E-state index is -0.0692. The summed E-state index contributed by atoms with van der Waals surface area (Å²) in [5.41, 5.74) is 7.58. The molecule has 1 atom stereocenters. The van der Waals surface area contributed by atoms with E-state index in [0.29, 0.717) is 18.3 Å². The van der Waals surface area contributed by atoms with Gasteiger partial charge in [0, 0.05) is 12.6 Å². The van der Waals surface area contributed by atoms with Crippen LogP contribution < -0.4 is 15.8 Å². The summed E-state index contributed by atoms with van der Waals surface area (Å²) in [6.45, 7) is 5.15. The number of nitrogens with one attached hydrogen (secondary N) is 1. The van der Waals surface area contributed by atoms with Crippen molar-refractivity contribution in [1.29, 1.82) is 0 Å². The van der Waals surface area contributed by atoms with Crippen LogP contribution in [-0.4, -0.2) is 28.0 Å². The van der Waals surface area contributed by atoms with Crippen molar-refractivity contribution in [2.75, 3.05) is 6.54 Å². The molecule has 0 fully saturated rings. The number of hydrogen-bond acceptors (Lipinski definition) is 4. The van der Waals surface area contributed by atoms with Crippen LogP contribution in [0.3, 0.4) is 0 Å². The third-order valence-electron chi connectivity index (χ3n) is 4.55. The molecule has 0 spiro atoms. The fraction of sp³-hybridized carbons (Fsp3) is 0.364. The van der Waals surface area contributed by atoms with Gasteiger partial charge in [0.25, 0.3) is 0 Å². The lowest BCUT2D eigenvalue weighted by Crippen LogP contribution is -2.42. The Bertz CT molecular complexity index is 905. The highest BCUT2D eigenvalue weighted by atomic mass is 16.5. The summed E-state index contributed by atoms with van der Waals surface area (Å²) in [6.07, 6.45) is 0.858. The highest BCUT2D eigenvalue weighted by Gasteiger charge is 2.17. The molecule has 0 aliphatic heterocycles. The predicted molar refractivity (Wildman–Crippen MR) is 111 cm³/mol. The van der Waals surface area contributed by atoms with Crippen LogP contribution >= 0.6 is 0 Å². The van der Waals surface area contributed by atoms with Crippen LogP contribution in [0.1, 0.15) is 26.1 Å². The molecular weight excluding hydrogens is 352 g/mol. The van der Waals surface area contributed by atoms with Gasteiger partial charge in [0.15, 0.2) is 0 Å². The quantitative estimate of drug-likeness (QED) is 0.598. The first kappa shape index (κ1) is 19.9. The van der Waals surface area contributed by atoms with Crippen molar-refractivity contribution >= 4 is 16.9 Å². The molecule has 6 nitrogen and oxygen atoms in total. The van der Waals surface area contributed by atoms with Crippen LogP contribution in [0.15, 0.2) is 54.6 Å². The van der Waals surface area contributed by atoms with E-state index in [0.717, 1.165) is 23.2 Å². The van der Waals surface area contributed by atoms with Gasteiger partial charge in [-0.2, -0.15) is 0 Å². The molecule has 28 heavy (non-hydrogen) atoms. The summed E-state index contributed by atoms with van der Waals surface area (Å²) >= 11 is 0. The number of carbonyl (C=O) groups excluding carboxylic acids is 1. The van der Waals surface area contributed by atoms with Crippen molar-refractivity contribution in [3.63, 3.8) is 0 Å². The topological polar surface area (TPSA) is 82.2 Å². The summed E-state index contributed by atoms with van der Waals surface area (Å²) in [5, 5.41) is 3.05. The number of rotatable bonds is 9. The Morgan fingerprint density at radius 2 is 1.86 bits per heavy atom. The van der Waals surface area contributed by atoms with E-state index in [4.69, 9.17) is 10.5 Å². The fourth-order valence-corrected chi connectivity index (χ4v) is 3.28. The number of hydrogen-bond donors (Lipinski definition) is 2. The average Bonchev–Trinajstić information content (AvgIpc) is 3.03. The molecule has 0 saturated carbocycles. The van der Waals surface area contributed by atoms with E-state index < -0.39 is 0 Å². The molecule has 1 heterocycles. The molecule has 1 aromatic heterocycles.